The number of urea groups is 2. The molecule has 5 amide bonds. The summed E-state index contributed by atoms with van der Waals surface area (Å²) in [4.78, 5) is 43.2. The molecule has 0 unspecified atom stereocenters. The summed E-state index contributed by atoms with van der Waals surface area (Å²) in [5.41, 5.74) is 11.1. The number of rotatable bonds is 8. The topological polar surface area (TPSA) is 199 Å². The molecule has 0 spiro atoms. The first kappa shape index (κ1) is 42.3. The molecule has 61 heavy (non-hydrogen) atoms. The van der Waals surface area contributed by atoms with Crippen LogP contribution in [0.15, 0.2) is 12.1 Å². The lowest BCUT2D eigenvalue weighted by Gasteiger charge is -2.51. The average Bonchev–Trinajstić information content (AvgIpc) is 3.91. The molecule has 4 fully saturated rings. The van der Waals surface area contributed by atoms with Crippen LogP contribution in [0.3, 0.4) is 0 Å². The predicted molar refractivity (Wildman–Crippen MR) is 232 cm³/mol. The van der Waals surface area contributed by atoms with Crippen molar-refractivity contribution in [1.82, 2.24) is 29.5 Å². The van der Waals surface area contributed by atoms with E-state index in [1.165, 1.54) is 44.5 Å². The summed E-state index contributed by atoms with van der Waals surface area (Å²) in [7, 11) is -7.43. The van der Waals surface area contributed by atoms with Crippen molar-refractivity contribution in [3.63, 3.8) is 0 Å². The molecule has 2 aromatic rings. The number of aryl methyl sites for hydroxylation is 4. The molecule has 0 radical (unpaired) electrons. The van der Waals surface area contributed by atoms with Crippen molar-refractivity contribution in [3.05, 3.63) is 56.6 Å². The van der Waals surface area contributed by atoms with Crippen LogP contribution in [0.4, 0.5) is 25.8 Å². The molecule has 4 aliphatic heterocycles. The monoisotopic (exact) mass is 880 g/mol. The summed E-state index contributed by atoms with van der Waals surface area (Å²) >= 11 is 0. The van der Waals surface area contributed by atoms with E-state index in [1.54, 1.807) is 4.90 Å². The molecule has 18 heteroatoms. The number of amides is 5. The maximum Gasteiger partial charge on any atom is 0.410 e. The Morgan fingerprint density at radius 2 is 0.967 bits per heavy atom. The van der Waals surface area contributed by atoms with E-state index >= 15 is 0 Å². The Bertz CT molecular complexity index is 2260. The summed E-state index contributed by atoms with van der Waals surface area (Å²) in [6.07, 6.45) is 11.9. The number of fused-ring (bicyclic) bond motifs is 4. The van der Waals surface area contributed by atoms with Gasteiger partial charge in [0.1, 0.15) is 16.1 Å². The number of nitrogens with zero attached hydrogens (tertiary/aromatic N) is 3. The third-order valence-corrected chi connectivity index (χ3v) is 17.1. The zero-order valence-corrected chi connectivity index (χ0v) is 37.2. The first-order valence-corrected chi connectivity index (χ1v) is 25.3. The number of hydrogen-bond donors (Lipinski definition) is 5. The van der Waals surface area contributed by atoms with Crippen molar-refractivity contribution in [2.24, 2.45) is 0 Å². The standard InChI is InChI=1S/C24H34N4O5S.C19H26N4O3S/c1-24(2,3)33-23(30)28-11-17(12-28)27-13-18(14-27)34(31,32)26-22(29)25-21-19-8-4-6-15(19)10-16-7-5-9-20(16)21;24-19(22-27(25,26)15-10-23(11-15)14-8-20-9-14)21-18-16-5-1-3-12(16)7-13-4-2-6-17(13)18/h10,17-18H,4-9,11-14H2,1-3H3,(H2,25,26,29);7,14-15,20H,1-6,8-11H2,(H2,21,22,24). The largest absolute Gasteiger partial charge is 0.444 e. The minimum absolute atomic E-state index is 0.127. The van der Waals surface area contributed by atoms with E-state index in [0.29, 0.717) is 45.3 Å². The van der Waals surface area contributed by atoms with E-state index in [0.717, 1.165) is 102 Å². The highest BCUT2D eigenvalue weighted by molar-refractivity contribution is 7.91. The molecule has 16 nitrogen and oxygen atoms in total. The highest BCUT2D eigenvalue weighted by Crippen LogP contribution is 2.40. The molecule has 0 saturated carbocycles. The van der Waals surface area contributed by atoms with Gasteiger partial charge in [-0.1, -0.05) is 12.1 Å². The molecule has 4 saturated heterocycles. The van der Waals surface area contributed by atoms with Crippen molar-refractivity contribution in [1.29, 1.82) is 0 Å². The van der Waals surface area contributed by atoms with Gasteiger partial charge in [-0.15, -0.1) is 0 Å². The molecular formula is C43H60N8O8S2. The summed E-state index contributed by atoms with van der Waals surface area (Å²) in [6, 6.07) is 3.85. The predicted octanol–water partition coefficient (Wildman–Crippen LogP) is 3.19. The Kier molecular flexibility index (Phi) is 11.3. The van der Waals surface area contributed by atoms with Crippen LogP contribution in [0.1, 0.15) is 91.0 Å². The Labute approximate surface area is 359 Å². The third-order valence-electron chi connectivity index (χ3n) is 13.8. The van der Waals surface area contributed by atoms with Crippen LogP contribution < -0.4 is 25.4 Å². The Balaban J connectivity index is 0.000000160. The minimum atomic E-state index is -3.78. The second-order valence-corrected chi connectivity index (χ2v) is 23.1. The van der Waals surface area contributed by atoms with Crippen molar-refractivity contribution in [3.8, 4) is 0 Å². The van der Waals surface area contributed by atoms with Crippen molar-refractivity contribution in [2.75, 3.05) is 63.0 Å². The van der Waals surface area contributed by atoms with Gasteiger partial charge in [0.15, 0.2) is 0 Å². The van der Waals surface area contributed by atoms with Crippen LogP contribution in [0.2, 0.25) is 0 Å². The second kappa shape index (κ2) is 16.3. The van der Waals surface area contributed by atoms with Gasteiger partial charge >= 0.3 is 18.2 Å². The smallest absolute Gasteiger partial charge is 0.410 e. The van der Waals surface area contributed by atoms with Gasteiger partial charge in [-0.25, -0.2) is 40.7 Å². The molecule has 4 heterocycles. The summed E-state index contributed by atoms with van der Waals surface area (Å²) < 4.78 is 60.6. The number of benzene rings is 2. The number of ether oxygens (including phenoxy) is 1. The van der Waals surface area contributed by atoms with Gasteiger partial charge in [-0.05, 0) is 142 Å². The van der Waals surface area contributed by atoms with Crippen molar-refractivity contribution in [2.45, 2.75) is 126 Å². The summed E-state index contributed by atoms with van der Waals surface area (Å²) in [5.74, 6) is 0. The normalized spacial score (nSPS) is 21.7. The van der Waals surface area contributed by atoms with Gasteiger partial charge in [0.2, 0.25) is 20.0 Å². The van der Waals surface area contributed by atoms with Gasteiger partial charge in [0.25, 0.3) is 0 Å². The molecule has 0 aromatic heterocycles. The minimum Gasteiger partial charge on any atom is -0.444 e. The average molecular weight is 881 g/mol. The Hall–Kier alpha value is -3.97. The van der Waals surface area contributed by atoms with Crippen LogP contribution in [0.5, 0.6) is 0 Å². The number of hydrogen-bond acceptors (Lipinski definition) is 11. The van der Waals surface area contributed by atoms with Gasteiger partial charge in [0.05, 0.1) is 0 Å². The van der Waals surface area contributed by atoms with E-state index in [-0.39, 0.29) is 12.1 Å². The number of carbonyl (C=O) groups is 3. The molecule has 0 atom stereocenters. The van der Waals surface area contributed by atoms with Crippen LogP contribution in [-0.2, 0) is 76.2 Å². The van der Waals surface area contributed by atoms with Crippen LogP contribution >= 0.6 is 0 Å². The fourth-order valence-corrected chi connectivity index (χ4v) is 12.8. The van der Waals surface area contributed by atoms with E-state index in [1.807, 2.05) is 25.7 Å². The van der Waals surface area contributed by atoms with Crippen molar-refractivity contribution < 1.29 is 36.0 Å². The first-order valence-electron chi connectivity index (χ1n) is 22.2. The number of carbonyl (C=O) groups excluding carboxylic acids is 3. The van der Waals surface area contributed by atoms with Gasteiger partial charge in [0, 0.05) is 75.8 Å². The lowest BCUT2D eigenvalue weighted by Crippen LogP contribution is -2.69. The molecule has 10 rings (SSSR count). The maximum atomic E-state index is 12.8. The molecule has 0 bridgehead atoms. The Morgan fingerprint density at radius 3 is 1.31 bits per heavy atom. The number of likely N-dealkylation sites (tertiary alicyclic amines) is 3. The molecule has 332 valence electrons. The molecule has 4 aliphatic carbocycles. The fourth-order valence-electron chi connectivity index (χ4n) is 10.3. The highest BCUT2D eigenvalue weighted by atomic mass is 32.2. The fraction of sp³-hybridized carbons (Fsp3) is 0.651. The first-order chi connectivity index (χ1) is 29.0. The highest BCUT2D eigenvalue weighted by Gasteiger charge is 2.47. The molecule has 2 aromatic carbocycles. The van der Waals surface area contributed by atoms with Crippen LogP contribution in [0.25, 0.3) is 0 Å². The SMILES string of the molecule is CC(C)(C)OC(=O)N1CC(N2CC(S(=O)(=O)NC(=O)Nc3c4c(cc5c3CCC5)CCC4)C2)C1.O=C(Nc1c2c(cc3c1CCC3)CCC2)NS(=O)(=O)C1CN(C2CNC2)C1. The second-order valence-electron chi connectivity index (χ2n) is 19.2. The molecule has 8 aliphatic rings. The van der Waals surface area contributed by atoms with Crippen LogP contribution in [0, 0.1) is 0 Å². The third kappa shape index (κ3) is 8.71. The lowest BCUT2D eigenvalue weighted by atomic mass is 9.99. The maximum absolute atomic E-state index is 12.8. The Morgan fingerprint density at radius 1 is 0.590 bits per heavy atom. The number of nitrogens with one attached hydrogen (secondary N) is 5. The van der Waals surface area contributed by atoms with Gasteiger partial charge < -0.3 is 25.6 Å². The summed E-state index contributed by atoms with van der Waals surface area (Å²) in [5, 5.41) is 7.85. The number of sulfonamides is 2. The lowest BCUT2D eigenvalue weighted by molar-refractivity contribution is -0.0275. The molecule has 5 N–H and O–H groups in total. The van der Waals surface area contributed by atoms with E-state index in [4.69, 9.17) is 4.74 Å². The molecular weight excluding hydrogens is 821 g/mol. The summed E-state index contributed by atoms with van der Waals surface area (Å²) in [6.45, 7) is 10.1. The van der Waals surface area contributed by atoms with Gasteiger partial charge in [-0.3, -0.25) is 9.80 Å². The van der Waals surface area contributed by atoms with E-state index in [2.05, 4.69) is 42.4 Å². The zero-order chi connectivity index (χ0) is 42.8. The zero-order valence-electron chi connectivity index (χ0n) is 35.5. The quantitative estimate of drug-likeness (QED) is 0.261. The van der Waals surface area contributed by atoms with Crippen molar-refractivity contribution >= 4 is 49.6 Å². The number of anilines is 2. The van der Waals surface area contributed by atoms with Gasteiger partial charge in [-0.2, -0.15) is 0 Å². The van der Waals surface area contributed by atoms with E-state index in [9.17, 15) is 31.2 Å². The van der Waals surface area contributed by atoms with Crippen LogP contribution in [-0.4, -0.2) is 130 Å². The van der Waals surface area contributed by atoms with E-state index < -0.39 is 48.2 Å².